The third kappa shape index (κ3) is 3.22. The minimum Gasteiger partial charge on any atom is -0.480 e. The largest absolute Gasteiger partial charge is 0.480 e. The third-order valence-corrected chi connectivity index (χ3v) is 3.62. The lowest BCUT2D eigenvalue weighted by molar-refractivity contribution is -0.151. The van der Waals surface area contributed by atoms with Crippen LogP contribution < -0.4 is 5.32 Å². The molecule has 2 N–H and O–H groups in total. The van der Waals surface area contributed by atoms with Gasteiger partial charge in [0.2, 0.25) is 5.91 Å². The molecule has 0 spiro atoms. The zero-order valence-electron chi connectivity index (χ0n) is 11.5. The predicted octanol–water partition coefficient (Wildman–Crippen LogP) is 1.09. The van der Waals surface area contributed by atoms with Crippen LogP contribution in [-0.4, -0.2) is 47.6 Å². The number of rotatable bonds is 6. The molecule has 18 heavy (non-hydrogen) atoms. The van der Waals surface area contributed by atoms with Crippen molar-refractivity contribution in [3.63, 3.8) is 0 Å². The van der Waals surface area contributed by atoms with E-state index in [2.05, 4.69) is 12.2 Å². The molecule has 0 bridgehead atoms. The van der Waals surface area contributed by atoms with Crippen molar-refractivity contribution in [1.29, 1.82) is 0 Å². The van der Waals surface area contributed by atoms with Crippen molar-refractivity contribution < 1.29 is 14.7 Å². The van der Waals surface area contributed by atoms with Crippen LogP contribution in [0, 0.1) is 5.41 Å². The van der Waals surface area contributed by atoms with E-state index in [4.69, 9.17) is 5.11 Å². The van der Waals surface area contributed by atoms with Crippen LogP contribution in [0.5, 0.6) is 0 Å². The van der Waals surface area contributed by atoms with Gasteiger partial charge in [-0.3, -0.25) is 9.59 Å². The molecule has 1 fully saturated rings. The van der Waals surface area contributed by atoms with Gasteiger partial charge in [-0.05, 0) is 33.2 Å². The fourth-order valence-electron chi connectivity index (χ4n) is 2.66. The molecule has 0 saturated carbocycles. The normalized spacial score (nSPS) is 23.3. The van der Waals surface area contributed by atoms with Gasteiger partial charge in [0.1, 0.15) is 6.54 Å². The summed E-state index contributed by atoms with van der Waals surface area (Å²) < 4.78 is 0. The first-order valence-electron chi connectivity index (χ1n) is 6.66. The van der Waals surface area contributed by atoms with E-state index in [0.29, 0.717) is 6.54 Å². The number of amides is 1. The van der Waals surface area contributed by atoms with Gasteiger partial charge >= 0.3 is 5.97 Å². The molecule has 104 valence electrons. The van der Waals surface area contributed by atoms with Gasteiger partial charge in [-0.1, -0.05) is 13.3 Å². The predicted molar refractivity (Wildman–Crippen MR) is 69.3 cm³/mol. The molecule has 1 rings (SSSR count). The highest BCUT2D eigenvalue weighted by Crippen LogP contribution is 2.33. The van der Waals surface area contributed by atoms with Crippen LogP contribution in [0.15, 0.2) is 0 Å². The van der Waals surface area contributed by atoms with Crippen molar-refractivity contribution in [1.82, 2.24) is 10.2 Å². The lowest BCUT2D eigenvalue weighted by Crippen LogP contribution is -2.50. The SMILES string of the molecule is CCCC1(C(=O)N(CC(=O)O)C(C)C)CCNC1. The molecule has 5 heteroatoms. The fourth-order valence-corrected chi connectivity index (χ4v) is 2.66. The molecule has 1 aliphatic heterocycles. The van der Waals surface area contributed by atoms with Gasteiger partial charge in [0.15, 0.2) is 0 Å². The highest BCUT2D eigenvalue weighted by molar-refractivity contribution is 5.86. The Morgan fingerprint density at radius 2 is 2.11 bits per heavy atom. The van der Waals surface area contributed by atoms with Crippen molar-refractivity contribution in [3.05, 3.63) is 0 Å². The van der Waals surface area contributed by atoms with Crippen LogP contribution in [-0.2, 0) is 9.59 Å². The van der Waals surface area contributed by atoms with Crippen molar-refractivity contribution in [3.8, 4) is 0 Å². The zero-order chi connectivity index (χ0) is 13.8. The molecule has 1 unspecified atom stereocenters. The summed E-state index contributed by atoms with van der Waals surface area (Å²) >= 11 is 0. The first-order valence-corrected chi connectivity index (χ1v) is 6.66. The summed E-state index contributed by atoms with van der Waals surface area (Å²) in [5.41, 5.74) is -0.394. The van der Waals surface area contributed by atoms with Gasteiger partial charge in [-0.15, -0.1) is 0 Å². The number of nitrogens with one attached hydrogen (secondary N) is 1. The number of carbonyl (C=O) groups excluding carboxylic acids is 1. The average Bonchev–Trinajstić information content (AvgIpc) is 2.74. The molecule has 1 saturated heterocycles. The summed E-state index contributed by atoms with van der Waals surface area (Å²) in [6, 6.07) is -0.0806. The van der Waals surface area contributed by atoms with E-state index < -0.39 is 11.4 Å². The molecule has 0 aromatic carbocycles. The Morgan fingerprint density at radius 1 is 1.44 bits per heavy atom. The number of carboxylic acids is 1. The second kappa shape index (κ2) is 6.18. The van der Waals surface area contributed by atoms with Gasteiger partial charge < -0.3 is 15.3 Å². The minimum atomic E-state index is -0.949. The van der Waals surface area contributed by atoms with Crippen molar-refractivity contribution in [2.45, 2.75) is 46.1 Å². The number of hydrogen-bond donors (Lipinski definition) is 2. The molecule has 0 aliphatic carbocycles. The Bertz CT molecular complexity index is 309. The quantitative estimate of drug-likeness (QED) is 0.746. The van der Waals surface area contributed by atoms with Crippen LogP contribution >= 0.6 is 0 Å². The molecule has 0 radical (unpaired) electrons. The summed E-state index contributed by atoms with van der Waals surface area (Å²) in [7, 11) is 0. The highest BCUT2D eigenvalue weighted by atomic mass is 16.4. The van der Waals surface area contributed by atoms with Crippen LogP contribution in [0.4, 0.5) is 0 Å². The van der Waals surface area contributed by atoms with Gasteiger partial charge in [-0.2, -0.15) is 0 Å². The van der Waals surface area contributed by atoms with Crippen molar-refractivity contribution in [2.24, 2.45) is 5.41 Å². The Balaban J connectivity index is 2.88. The van der Waals surface area contributed by atoms with Crippen LogP contribution in [0.2, 0.25) is 0 Å². The maximum atomic E-state index is 12.7. The number of carboxylic acid groups (broad SMARTS) is 1. The molecule has 1 atom stereocenters. The molecule has 1 heterocycles. The smallest absolute Gasteiger partial charge is 0.323 e. The Morgan fingerprint density at radius 3 is 2.50 bits per heavy atom. The van der Waals surface area contributed by atoms with Crippen LogP contribution in [0.25, 0.3) is 0 Å². The minimum absolute atomic E-state index is 0.00764. The van der Waals surface area contributed by atoms with Gasteiger partial charge in [0.05, 0.1) is 5.41 Å². The van der Waals surface area contributed by atoms with E-state index in [1.54, 1.807) is 0 Å². The van der Waals surface area contributed by atoms with Gasteiger partial charge in [0.25, 0.3) is 0 Å². The Labute approximate surface area is 109 Å². The van der Waals surface area contributed by atoms with Crippen molar-refractivity contribution in [2.75, 3.05) is 19.6 Å². The van der Waals surface area contributed by atoms with Crippen LogP contribution in [0.3, 0.4) is 0 Å². The van der Waals surface area contributed by atoms with Crippen LogP contribution in [0.1, 0.15) is 40.0 Å². The van der Waals surface area contributed by atoms with Gasteiger partial charge in [0, 0.05) is 12.6 Å². The zero-order valence-corrected chi connectivity index (χ0v) is 11.5. The summed E-state index contributed by atoms with van der Waals surface area (Å²) in [6.45, 7) is 7.09. The lowest BCUT2D eigenvalue weighted by atomic mass is 9.80. The fraction of sp³-hybridized carbons (Fsp3) is 0.846. The molecule has 1 amide bonds. The maximum absolute atomic E-state index is 12.7. The average molecular weight is 256 g/mol. The molecule has 1 aliphatic rings. The van der Waals surface area contributed by atoms with Crippen molar-refractivity contribution >= 4 is 11.9 Å². The van der Waals surface area contributed by atoms with E-state index in [-0.39, 0.29) is 18.5 Å². The summed E-state index contributed by atoms with van der Waals surface area (Å²) in [4.78, 5) is 25.0. The maximum Gasteiger partial charge on any atom is 0.323 e. The number of hydrogen-bond acceptors (Lipinski definition) is 3. The summed E-state index contributed by atoms with van der Waals surface area (Å²) in [5, 5.41) is 12.2. The molecule has 0 aromatic heterocycles. The Hall–Kier alpha value is -1.10. The number of aliphatic carboxylic acids is 1. The molecule has 0 aromatic rings. The molecule has 5 nitrogen and oxygen atoms in total. The standard InChI is InChI=1S/C13H24N2O3/c1-4-5-13(6-7-14-9-13)12(18)15(10(2)3)8-11(16)17/h10,14H,4-9H2,1-3H3,(H,16,17). The lowest BCUT2D eigenvalue weighted by Gasteiger charge is -2.35. The van der Waals surface area contributed by atoms with Gasteiger partial charge in [-0.25, -0.2) is 0 Å². The number of carbonyl (C=O) groups is 2. The first-order chi connectivity index (χ1) is 8.43. The topological polar surface area (TPSA) is 69.6 Å². The molecular formula is C13H24N2O3. The number of nitrogens with zero attached hydrogens (tertiary/aromatic N) is 1. The summed E-state index contributed by atoms with van der Waals surface area (Å²) in [5.74, 6) is -0.957. The first kappa shape index (κ1) is 15.0. The second-order valence-corrected chi connectivity index (χ2v) is 5.38. The molecular weight excluding hydrogens is 232 g/mol. The third-order valence-electron chi connectivity index (χ3n) is 3.62. The van der Waals surface area contributed by atoms with E-state index in [1.807, 2.05) is 13.8 Å². The van der Waals surface area contributed by atoms with E-state index in [0.717, 1.165) is 25.8 Å². The highest BCUT2D eigenvalue weighted by Gasteiger charge is 2.43. The monoisotopic (exact) mass is 256 g/mol. The Kier molecular flexibility index (Phi) is 5.14. The van der Waals surface area contributed by atoms with E-state index >= 15 is 0 Å². The van der Waals surface area contributed by atoms with E-state index in [1.165, 1.54) is 4.90 Å². The summed E-state index contributed by atoms with van der Waals surface area (Å²) in [6.07, 6.45) is 2.57. The second-order valence-electron chi connectivity index (χ2n) is 5.38. The van der Waals surface area contributed by atoms with E-state index in [9.17, 15) is 9.59 Å².